The van der Waals surface area contributed by atoms with Crippen LogP contribution in [0.5, 0.6) is 0 Å². The van der Waals surface area contributed by atoms with Gasteiger partial charge in [-0.15, -0.1) is 0 Å². The monoisotopic (exact) mass is 263 g/mol. The van der Waals surface area contributed by atoms with E-state index in [1.165, 1.54) is 57.2 Å². The molecule has 0 radical (unpaired) electrons. The van der Waals surface area contributed by atoms with Crippen molar-refractivity contribution < 1.29 is 0 Å². The molecule has 1 aromatic rings. The van der Waals surface area contributed by atoms with Crippen LogP contribution in [0.3, 0.4) is 0 Å². The van der Waals surface area contributed by atoms with Crippen LogP contribution in [-0.4, -0.2) is 22.9 Å². The molecule has 1 fully saturated rings. The lowest BCUT2D eigenvalue weighted by Gasteiger charge is -2.24. The molecule has 0 saturated heterocycles. The van der Waals surface area contributed by atoms with Crippen molar-refractivity contribution in [2.75, 3.05) is 13.1 Å². The lowest BCUT2D eigenvalue weighted by atomic mass is 9.86. The van der Waals surface area contributed by atoms with Gasteiger partial charge in [0.05, 0.1) is 0 Å². The van der Waals surface area contributed by atoms with E-state index in [1.54, 1.807) is 0 Å². The Morgan fingerprint density at radius 2 is 2.21 bits per heavy atom. The molecule has 1 aliphatic carbocycles. The first-order valence-electron chi connectivity index (χ1n) is 7.99. The highest BCUT2D eigenvalue weighted by molar-refractivity contribution is 5.00. The molecule has 1 atom stereocenters. The number of aryl methyl sites for hydroxylation is 2. The summed E-state index contributed by atoms with van der Waals surface area (Å²) in [5.41, 5.74) is 1.37. The molecule has 2 rings (SSSR count). The van der Waals surface area contributed by atoms with Crippen LogP contribution in [-0.2, 0) is 13.5 Å². The number of rotatable bonds is 8. The molecule has 0 aromatic carbocycles. The molecule has 0 bridgehead atoms. The minimum atomic E-state index is 0.851. The van der Waals surface area contributed by atoms with E-state index in [-0.39, 0.29) is 0 Å². The number of hydrogen-bond donors (Lipinski definition) is 1. The number of hydrogen-bond acceptors (Lipinski definition) is 2. The third-order valence-corrected chi connectivity index (χ3v) is 4.59. The molecule has 1 unspecified atom stereocenters. The summed E-state index contributed by atoms with van der Waals surface area (Å²) < 4.78 is 2.02. The van der Waals surface area contributed by atoms with Gasteiger partial charge in [0, 0.05) is 18.9 Å². The van der Waals surface area contributed by atoms with Crippen molar-refractivity contribution in [1.82, 2.24) is 15.1 Å². The third-order valence-electron chi connectivity index (χ3n) is 4.59. The zero-order valence-electron chi connectivity index (χ0n) is 12.6. The average molecular weight is 263 g/mol. The maximum atomic E-state index is 4.27. The Labute approximate surface area is 117 Å². The molecule has 19 heavy (non-hydrogen) atoms. The van der Waals surface area contributed by atoms with Crippen LogP contribution in [0.25, 0.3) is 0 Å². The number of nitrogens with zero attached hydrogens (tertiary/aromatic N) is 2. The molecule has 1 aromatic heterocycles. The molecule has 1 N–H and O–H groups in total. The molecule has 3 heteroatoms. The van der Waals surface area contributed by atoms with Gasteiger partial charge in [0.15, 0.2) is 0 Å². The summed E-state index contributed by atoms with van der Waals surface area (Å²) >= 11 is 0. The van der Waals surface area contributed by atoms with Crippen molar-refractivity contribution in [1.29, 1.82) is 0 Å². The van der Waals surface area contributed by atoms with Crippen molar-refractivity contribution in [3.8, 4) is 0 Å². The van der Waals surface area contributed by atoms with Gasteiger partial charge in [-0.1, -0.05) is 32.6 Å². The molecule has 3 nitrogen and oxygen atoms in total. The molecule has 1 heterocycles. The first-order valence-corrected chi connectivity index (χ1v) is 7.99. The molecule has 1 aliphatic rings. The molecular formula is C16H29N3. The van der Waals surface area contributed by atoms with E-state index in [2.05, 4.69) is 30.5 Å². The van der Waals surface area contributed by atoms with Crippen LogP contribution >= 0.6 is 0 Å². The van der Waals surface area contributed by atoms with E-state index in [0.717, 1.165) is 18.4 Å². The summed E-state index contributed by atoms with van der Waals surface area (Å²) in [5.74, 6) is 1.81. The fraction of sp³-hybridized carbons (Fsp3) is 0.812. The summed E-state index contributed by atoms with van der Waals surface area (Å²) in [5, 5.41) is 7.90. The van der Waals surface area contributed by atoms with Gasteiger partial charge in [-0.3, -0.25) is 4.68 Å². The predicted octanol–water partition coefficient (Wildman–Crippen LogP) is 3.16. The van der Waals surface area contributed by atoms with Crippen LogP contribution in [0.4, 0.5) is 0 Å². The third kappa shape index (κ3) is 4.34. The molecule has 0 amide bonds. The van der Waals surface area contributed by atoms with Crippen LogP contribution in [0.15, 0.2) is 12.3 Å². The van der Waals surface area contributed by atoms with Crippen LogP contribution in [0, 0.1) is 11.8 Å². The quantitative estimate of drug-likeness (QED) is 0.730. The topological polar surface area (TPSA) is 29.9 Å². The van der Waals surface area contributed by atoms with E-state index < -0.39 is 0 Å². The Balaban J connectivity index is 1.83. The highest BCUT2D eigenvalue weighted by atomic mass is 15.2. The SMILES string of the molecule is CCCNCC(CCc1ccnn1C)C1CCCC1. The summed E-state index contributed by atoms with van der Waals surface area (Å²) in [6.07, 6.45) is 11.4. The van der Waals surface area contributed by atoms with Crippen molar-refractivity contribution >= 4 is 0 Å². The Kier molecular flexibility index (Phi) is 5.90. The van der Waals surface area contributed by atoms with Crippen LogP contribution in [0.2, 0.25) is 0 Å². The zero-order chi connectivity index (χ0) is 13.5. The number of nitrogens with one attached hydrogen (secondary N) is 1. The van der Waals surface area contributed by atoms with Gasteiger partial charge < -0.3 is 5.32 Å². The van der Waals surface area contributed by atoms with E-state index in [4.69, 9.17) is 0 Å². The Hall–Kier alpha value is -0.830. The second kappa shape index (κ2) is 7.68. The predicted molar refractivity (Wildman–Crippen MR) is 80.1 cm³/mol. The van der Waals surface area contributed by atoms with Gasteiger partial charge in [0.1, 0.15) is 0 Å². The van der Waals surface area contributed by atoms with E-state index in [1.807, 2.05) is 10.9 Å². The molecule has 0 aliphatic heterocycles. The summed E-state index contributed by atoms with van der Waals surface area (Å²) in [4.78, 5) is 0. The van der Waals surface area contributed by atoms with E-state index in [0.29, 0.717) is 0 Å². The second-order valence-corrected chi connectivity index (χ2v) is 5.99. The molecule has 1 saturated carbocycles. The van der Waals surface area contributed by atoms with Crippen LogP contribution < -0.4 is 5.32 Å². The lowest BCUT2D eigenvalue weighted by molar-refractivity contribution is 0.303. The van der Waals surface area contributed by atoms with Crippen molar-refractivity contribution in [2.24, 2.45) is 18.9 Å². The minimum absolute atomic E-state index is 0.851. The maximum Gasteiger partial charge on any atom is 0.0492 e. The van der Waals surface area contributed by atoms with Crippen molar-refractivity contribution in [3.05, 3.63) is 18.0 Å². The Bertz CT molecular complexity index is 353. The van der Waals surface area contributed by atoms with Crippen molar-refractivity contribution in [2.45, 2.75) is 51.9 Å². The average Bonchev–Trinajstić information content (AvgIpc) is 3.05. The summed E-state index contributed by atoms with van der Waals surface area (Å²) in [6.45, 7) is 4.61. The smallest absolute Gasteiger partial charge is 0.0492 e. The zero-order valence-corrected chi connectivity index (χ0v) is 12.6. The second-order valence-electron chi connectivity index (χ2n) is 5.99. The molecule has 108 valence electrons. The Morgan fingerprint density at radius 3 is 2.84 bits per heavy atom. The van der Waals surface area contributed by atoms with Crippen LogP contribution in [0.1, 0.15) is 51.1 Å². The Morgan fingerprint density at radius 1 is 1.42 bits per heavy atom. The molecule has 0 spiro atoms. The molecular weight excluding hydrogens is 234 g/mol. The van der Waals surface area contributed by atoms with Gasteiger partial charge in [0.2, 0.25) is 0 Å². The fourth-order valence-corrected chi connectivity index (χ4v) is 3.38. The normalized spacial score (nSPS) is 18.0. The van der Waals surface area contributed by atoms with E-state index >= 15 is 0 Å². The minimum Gasteiger partial charge on any atom is -0.316 e. The lowest BCUT2D eigenvalue weighted by Crippen LogP contribution is -2.28. The highest BCUT2D eigenvalue weighted by Crippen LogP contribution is 2.33. The highest BCUT2D eigenvalue weighted by Gasteiger charge is 2.24. The van der Waals surface area contributed by atoms with Gasteiger partial charge in [-0.2, -0.15) is 5.10 Å². The van der Waals surface area contributed by atoms with Gasteiger partial charge in [-0.05, 0) is 50.3 Å². The first kappa shape index (κ1) is 14.6. The van der Waals surface area contributed by atoms with Gasteiger partial charge >= 0.3 is 0 Å². The maximum absolute atomic E-state index is 4.27. The van der Waals surface area contributed by atoms with Gasteiger partial charge in [-0.25, -0.2) is 0 Å². The summed E-state index contributed by atoms with van der Waals surface area (Å²) in [6, 6.07) is 2.16. The largest absolute Gasteiger partial charge is 0.316 e. The van der Waals surface area contributed by atoms with E-state index in [9.17, 15) is 0 Å². The summed E-state index contributed by atoms with van der Waals surface area (Å²) in [7, 11) is 2.05. The number of aromatic nitrogens is 2. The first-order chi connectivity index (χ1) is 9.31. The standard InChI is InChI=1S/C16H29N3/c1-3-11-17-13-15(14-6-4-5-7-14)8-9-16-10-12-18-19(16)2/h10,12,14-15,17H,3-9,11,13H2,1-2H3. The van der Waals surface area contributed by atoms with Gasteiger partial charge in [0.25, 0.3) is 0 Å². The fourth-order valence-electron chi connectivity index (χ4n) is 3.38. The van der Waals surface area contributed by atoms with Crippen molar-refractivity contribution in [3.63, 3.8) is 0 Å².